The summed E-state index contributed by atoms with van der Waals surface area (Å²) in [4.78, 5) is 19.9. The van der Waals surface area contributed by atoms with Gasteiger partial charge >= 0.3 is 0 Å². The first-order chi connectivity index (χ1) is 4.36. The Morgan fingerprint density at radius 3 is 2.00 bits per heavy atom. The normalized spacial score (nSPS) is 15.8. The van der Waals surface area contributed by atoms with Gasteiger partial charge in [0.15, 0.2) is 0 Å². The molecule has 2 N–H and O–H groups in total. The van der Waals surface area contributed by atoms with Crippen molar-refractivity contribution in [3.05, 3.63) is 0 Å². The Kier molecular flexibility index (Phi) is 2.36. The molecule has 0 aliphatic rings. The lowest BCUT2D eigenvalue weighted by Gasteiger charge is -2.25. The predicted octanol–water partition coefficient (Wildman–Crippen LogP) is -3.41. The predicted molar refractivity (Wildman–Crippen MR) is 27.2 cm³/mol. The Labute approximate surface area is 57.5 Å². The first-order valence-electron chi connectivity index (χ1n) is 2.56. The van der Waals surface area contributed by atoms with Crippen molar-refractivity contribution < 1.29 is 19.8 Å². The Morgan fingerprint density at radius 2 is 1.90 bits per heavy atom. The third kappa shape index (κ3) is 2.45. The summed E-state index contributed by atoms with van der Waals surface area (Å²) in [6.07, 6.45) is -0.741. The second-order valence-corrected chi connectivity index (χ2v) is 2.25. The molecule has 0 bridgehead atoms. The topological polar surface area (TPSA) is 106 Å². The number of hydrogen-bond acceptors (Lipinski definition) is 5. The minimum absolute atomic E-state index is 0.741. The van der Waals surface area contributed by atoms with Crippen LogP contribution in [-0.4, -0.2) is 17.5 Å². The summed E-state index contributed by atoms with van der Waals surface area (Å²) >= 11 is 0. The second-order valence-electron chi connectivity index (χ2n) is 2.25. The molecule has 0 heterocycles. The quantitative estimate of drug-likeness (QED) is 0.445. The van der Waals surface area contributed by atoms with E-state index in [-0.39, 0.29) is 0 Å². The van der Waals surface area contributed by atoms with Crippen molar-refractivity contribution >= 4 is 11.9 Å². The van der Waals surface area contributed by atoms with Gasteiger partial charge in [0, 0.05) is 12.4 Å². The zero-order valence-corrected chi connectivity index (χ0v) is 5.42. The third-order valence-electron chi connectivity index (χ3n) is 0.978. The average molecular weight is 145 g/mol. The van der Waals surface area contributed by atoms with Crippen molar-refractivity contribution in [1.82, 2.24) is 0 Å². The van der Waals surface area contributed by atoms with Crippen LogP contribution >= 0.6 is 0 Å². The fraction of sp³-hybridized carbons (Fsp3) is 0.600. The van der Waals surface area contributed by atoms with Crippen LogP contribution in [-0.2, 0) is 9.59 Å². The van der Waals surface area contributed by atoms with Crippen molar-refractivity contribution in [1.29, 1.82) is 0 Å². The molecule has 0 fully saturated rings. The van der Waals surface area contributed by atoms with Gasteiger partial charge < -0.3 is 25.5 Å². The largest absolute Gasteiger partial charge is 0.550 e. The van der Waals surface area contributed by atoms with Gasteiger partial charge in [0.05, 0.1) is 11.5 Å². The molecule has 0 aromatic heterocycles. The van der Waals surface area contributed by atoms with E-state index in [1.54, 1.807) is 0 Å². The monoisotopic (exact) mass is 145 g/mol. The number of rotatable bonds is 3. The highest BCUT2D eigenvalue weighted by molar-refractivity contribution is 5.82. The number of carbonyl (C=O) groups excluding carboxylic acids is 2. The van der Waals surface area contributed by atoms with Gasteiger partial charge in [-0.3, -0.25) is 0 Å². The lowest BCUT2D eigenvalue weighted by Crippen LogP contribution is -2.55. The van der Waals surface area contributed by atoms with Gasteiger partial charge in [0.1, 0.15) is 0 Å². The molecule has 0 aliphatic heterocycles. The van der Waals surface area contributed by atoms with Gasteiger partial charge in [-0.1, -0.05) is 0 Å². The summed E-state index contributed by atoms with van der Waals surface area (Å²) in [5.74, 6) is -3.11. The number of carboxylic acid groups (broad SMARTS) is 2. The molecular weight excluding hydrogens is 138 g/mol. The second kappa shape index (κ2) is 2.66. The van der Waals surface area contributed by atoms with Crippen LogP contribution in [0, 0.1) is 0 Å². The summed E-state index contributed by atoms with van der Waals surface area (Å²) in [7, 11) is 0. The Balaban J connectivity index is 4.13. The average Bonchev–Trinajstić information content (AvgIpc) is 1.60. The summed E-state index contributed by atoms with van der Waals surface area (Å²) < 4.78 is 0. The van der Waals surface area contributed by atoms with Crippen molar-refractivity contribution in [2.45, 2.75) is 18.9 Å². The number of hydrogen-bond donors (Lipinski definition) is 1. The van der Waals surface area contributed by atoms with Gasteiger partial charge in [-0.05, 0) is 6.92 Å². The van der Waals surface area contributed by atoms with E-state index >= 15 is 0 Å². The molecular formula is C5H7NO4-2. The molecule has 0 saturated heterocycles. The first-order valence-corrected chi connectivity index (χ1v) is 2.56. The van der Waals surface area contributed by atoms with Crippen LogP contribution in [0.1, 0.15) is 13.3 Å². The maximum atomic E-state index is 10.0. The third-order valence-corrected chi connectivity index (χ3v) is 0.978. The molecule has 0 aliphatic carbocycles. The fourth-order valence-corrected chi connectivity index (χ4v) is 0.372. The Morgan fingerprint density at radius 1 is 1.50 bits per heavy atom. The highest BCUT2D eigenvalue weighted by Gasteiger charge is 2.19. The summed E-state index contributed by atoms with van der Waals surface area (Å²) in [5, 5.41) is 19.9. The van der Waals surface area contributed by atoms with Crippen LogP contribution < -0.4 is 15.9 Å². The van der Waals surface area contributed by atoms with E-state index in [1.807, 2.05) is 0 Å². The van der Waals surface area contributed by atoms with E-state index < -0.39 is 23.9 Å². The zero-order chi connectivity index (χ0) is 8.36. The standard InChI is InChI=1S/C5H9NO4/c1-5(6,4(9)10)2-3(7)8/h2,6H2,1H3,(H,7,8)(H,9,10)/p-2. The molecule has 1 atom stereocenters. The van der Waals surface area contributed by atoms with Crippen LogP contribution in [0.25, 0.3) is 0 Å². The fourth-order valence-electron chi connectivity index (χ4n) is 0.372. The van der Waals surface area contributed by atoms with Crippen molar-refractivity contribution in [2.24, 2.45) is 5.73 Å². The molecule has 5 nitrogen and oxygen atoms in total. The van der Waals surface area contributed by atoms with Crippen LogP contribution in [0.15, 0.2) is 0 Å². The molecule has 5 heteroatoms. The summed E-state index contributed by atoms with van der Waals surface area (Å²) in [6.45, 7) is 1.05. The number of nitrogens with two attached hydrogens (primary N) is 1. The van der Waals surface area contributed by atoms with E-state index in [9.17, 15) is 19.8 Å². The van der Waals surface area contributed by atoms with Gasteiger partial charge in [0.25, 0.3) is 0 Å². The van der Waals surface area contributed by atoms with E-state index in [0.717, 1.165) is 6.92 Å². The summed E-state index contributed by atoms with van der Waals surface area (Å²) in [5.41, 5.74) is 3.14. The Bertz CT molecular complexity index is 163. The SMILES string of the molecule is CC(N)(CC(=O)[O-])C(=O)[O-]. The van der Waals surface area contributed by atoms with E-state index in [4.69, 9.17) is 5.73 Å². The number of carbonyl (C=O) groups is 2. The van der Waals surface area contributed by atoms with Crippen molar-refractivity contribution in [3.63, 3.8) is 0 Å². The first kappa shape index (κ1) is 8.90. The van der Waals surface area contributed by atoms with Gasteiger partial charge in [-0.25, -0.2) is 0 Å². The molecule has 0 amide bonds. The molecule has 0 spiro atoms. The molecule has 1 unspecified atom stereocenters. The molecule has 0 rings (SSSR count). The molecule has 0 radical (unpaired) electrons. The molecule has 10 heavy (non-hydrogen) atoms. The molecule has 0 aromatic rings. The molecule has 0 saturated carbocycles. The minimum Gasteiger partial charge on any atom is -0.550 e. The van der Waals surface area contributed by atoms with Crippen molar-refractivity contribution in [3.8, 4) is 0 Å². The van der Waals surface area contributed by atoms with E-state index in [1.165, 1.54) is 0 Å². The van der Waals surface area contributed by atoms with Crippen molar-refractivity contribution in [2.75, 3.05) is 0 Å². The highest BCUT2D eigenvalue weighted by Crippen LogP contribution is 2.01. The molecule has 0 aromatic carbocycles. The van der Waals surface area contributed by atoms with Gasteiger partial charge in [-0.2, -0.15) is 0 Å². The highest BCUT2D eigenvalue weighted by atomic mass is 16.4. The van der Waals surface area contributed by atoms with E-state index in [0.29, 0.717) is 0 Å². The molecule has 58 valence electrons. The smallest absolute Gasteiger partial charge is 0.0614 e. The summed E-state index contributed by atoms with van der Waals surface area (Å²) in [6, 6.07) is 0. The number of aliphatic carboxylic acids is 2. The zero-order valence-electron chi connectivity index (χ0n) is 5.42. The minimum atomic E-state index is -1.83. The van der Waals surface area contributed by atoms with Crippen LogP contribution in [0.3, 0.4) is 0 Å². The van der Waals surface area contributed by atoms with Crippen LogP contribution in [0.5, 0.6) is 0 Å². The van der Waals surface area contributed by atoms with Gasteiger partial charge in [-0.15, -0.1) is 0 Å². The Hall–Kier alpha value is -1.10. The maximum Gasteiger partial charge on any atom is 0.0614 e. The lowest BCUT2D eigenvalue weighted by molar-refractivity contribution is -0.321. The van der Waals surface area contributed by atoms with Gasteiger partial charge in [0.2, 0.25) is 0 Å². The van der Waals surface area contributed by atoms with Crippen LogP contribution in [0.4, 0.5) is 0 Å². The van der Waals surface area contributed by atoms with Crippen LogP contribution in [0.2, 0.25) is 0 Å². The maximum absolute atomic E-state index is 10.0. The number of carboxylic acids is 2. The lowest BCUT2D eigenvalue weighted by atomic mass is 10.0. The van der Waals surface area contributed by atoms with E-state index in [2.05, 4.69) is 0 Å².